The molecule has 1 aromatic rings. The monoisotopic (exact) mass is 238 g/mol. The maximum Gasteiger partial charge on any atom is 0.310 e. The van der Waals surface area contributed by atoms with Crippen LogP contribution in [0.5, 0.6) is 5.75 Å². The third kappa shape index (κ3) is 2.22. The highest BCUT2D eigenvalue weighted by atomic mass is 16.6. The minimum atomic E-state index is -0.463. The highest BCUT2D eigenvalue weighted by Gasteiger charge is 2.41. The van der Waals surface area contributed by atoms with Crippen molar-refractivity contribution < 1.29 is 14.4 Å². The number of ether oxygens (including phenoxy) is 2. The van der Waals surface area contributed by atoms with E-state index in [9.17, 15) is 10.1 Å². The number of nitrogens with zero attached hydrogens (tertiary/aromatic N) is 1. The largest absolute Gasteiger partial charge is 0.481 e. The van der Waals surface area contributed by atoms with Crippen molar-refractivity contribution in [2.75, 3.05) is 7.11 Å². The topological polar surface area (TPSA) is 87.6 Å². The maximum atomic E-state index is 10.8. The van der Waals surface area contributed by atoms with Gasteiger partial charge >= 0.3 is 5.69 Å². The lowest BCUT2D eigenvalue weighted by molar-refractivity contribution is -0.386. The van der Waals surface area contributed by atoms with Crippen LogP contribution in [0.2, 0.25) is 0 Å². The Bertz CT molecular complexity index is 424. The number of hydrogen-bond acceptors (Lipinski definition) is 5. The van der Waals surface area contributed by atoms with Crippen LogP contribution in [0.4, 0.5) is 5.69 Å². The Morgan fingerprint density at radius 2 is 2.18 bits per heavy atom. The molecule has 3 unspecified atom stereocenters. The van der Waals surface area contributed by atoms with Crippen molar-refractivity contribution in [3.8, 4) is 5.75 Å². The molecule has 6 heteroatoms. The van der Waals surface area contributed by atoms with Crippen molar-refractivity contribution in [3.05, 3.63) is 34.4 Å². The molecule has 1 fully saturated rings. The molecule has 92 valence electrons. The predicted octanol–water partition coefficient (Wildman–Crippen LogP) is 1.09. The smallest absolute Gasteiger partial charge is 0.310 e. The van der Waals surface area contributed by atoms with Crippen LogP contribution in [-0.2, 0) is 4.74 Å². The SMILES string of the molecule is COC1C(N)CC1Oc1ccccc1[N+](=O)[O-]. The molecular formula is C11H14N2O4. The van der Waals surface area contributed by atoms with E-state index >= 15 is 0 Å². The first-order valence-electron chi connectivity index (χ1n) is 5.32. The van der Waals surface area contributed by atoms with E-state index in [1.165, 1.54) is 6.07 Å². The normalized spacial score (nSPS) is 27.3. The molecule has 0 aliphatic heterocycles. The fourth-order valence-electron chi connectivity index (χ4n) is 1.93. The number of nitrogens with two attached hydrogens (primary N) is 1. The van der Waals surface area contributed by atoms with Gasteiger partial charge in [0.05, 0.1) is 4.92 Å². The molecule has 0 aromatic heterocycles. The number of benzene rings is 1. The van der Waals surface area contributed by atoms with Gasteiger partial charge in [-0.3, -0.25) is 10.1 Å². The summed E-state index contributed by atoms with van der Waals surface area (Å²) in [5.41, 5.74) is 5.70. The second-order valence-electron chi connectivity index (χ2n) is 3.98. The summed E-state index contributed by atoms with van der Waals surface area (Å²) in [5.74, 6) is 0.261. The Morgan fingerprint density at radius 3 is 2.76 bits per heavy atom. The van der Waals surface area contributed by atoms with Crippen LogP contribution >= 0.6 is 0 Å². The minimum absolute atomic E-state index is 0.0391. The van der Waals surface area contributed by atoms with Gasteiger partial charge in [0.15, 0.2) is 5.75 Å². The average Bonchev–Trinajstić information content (AvgIpc) is 2.29. The van der Waals surface area contributed by atoms with E-state index in [2.05, 4.69) is 0 Å². The fourth-order valence-corrected chi connectivity index (χ4v) is 1.93. The third-order valence-corrected chi connectivity index (χ3v) is 2.91. The van der Waals surface area contributed by atoms with Crippen LogP contribution in [0.1, 0.15) is 6.42 Å². The molecule has 2 N–H and O–H groups in total. The van der Waals surface area contributed by atoms with Crippen molar-refractivity contribution in [2.24, 2.45) is 5.73 Å². The molecule has 0 amide bonds. The van der Waals surface area contributed by atoms with Crippen LogP contribution in [0.3, 0.4) is 0 Å². The zero-order valence-electron chi connectivity index (χ0n) is 9.41. The Labute approximate surface area is 98.5 Å². The van der Waals surface area contributed by atoms with Gasteiger partial charge in [-0.2, -0.15) is 0 Å². The van der Waals surface area contributed by atoms with Crippen LogP contribution in [0.25, 0.3) is 0 Å². The highest BCUT2D eigenvalue weighted by Crippen LogP contribution is 2.32. The number of methoxy groups -OCH3 is 1. The molecule has 0 spiro atoms. The summed E-state index contributed by atoms with van der Waals surface area (Å²) in [5, 5.41) is 10.8. The Morgan fingerprint density at radius 1 is 1.47 bits per heavy atom. The molecule has 2 rings (SSSR count). The number of hydrogen-bond donors (Lipinski definition) is 1. The van der Waals surface area contributed by atoms with Gasteiger partial charge in [0, 0.05) is 25.6 Å². The van der Waals surface area contributed by atoms with Gasteiger partial charge < -0.3 is 15.2 Å². The summed E-state index contributed by atoms with van der Waals surface area (Å²) in [6.45, 7) is 0. The molecule has 0 radical (unpaired) electrons. The van der Waals surface area contributed by atoms with Crippen molar-refractivity contribution in [1.29, 1.82) is 0 Å². The van der Waals surface area contributed by atoms with E-state index in [1.807, 2.05) is 0 Å². The van der Waals surface area contributed by atoms with E-state index < -0.39 is 4.92 Å². The van der Waals surface area contributed by atoms with Crippen LogP contribution in [-0.4, -0.2) is 30.3 Å². The van der Waals surface area contributed by atoms with Crippen molar-refractivity contribution in [3.63, 3.8) is 0 Å². The number of nitro groups is 1. The Hall–Kier alpha value is -1.66. The lowest BCUT2D eigenvalue weighted by Gasteiger charge is -2.40. The molecular weight excluding hydrogens is 224 g/mol. The van der Waals surface area contributed by atoms with E-state index in [0.717, 1.165) is 0 Å². The third-order valence-electron chi connectivity index (χ3n) is 2.91. The zero-order chi connectivity index (χ0) is 12.4. The molecule has 1 aromatic carbocycles. The van der Waals surface area contributed by atoms with Gasteiger partial charge in [-0.25, -0.2) is 0 Å². The minimum Gasteiger partial charge on any atom is -0.481 e. The number of rotatable bonds is 4. The number of para-hydroxylation sites is 2. The summed E-state index contributed by atoms with van der Waals surface area (Å²) in [6.07, 6.45) is 0.232. The molecule has 0 saturated heterocycles. The predicted molar refractivity (Wildman–Crippen MR) is 60.9 cm³/mol. The molecule has 3 atom stereocenters. The summed E-state index contributed by atoms with van der Waals surface area (Å²) < 4.78 is 10.7. The van der Waals surface area contributed by atoms with Gasteiger partial charge in [-0.15, -0.1) is 0 Å². The quantitative estimate of drug-likeness (QED) is 0.626. The van der Waals surface area contributed by atoms with E-state index in [-0.39, 0.29) is 29.7 Å². The van der Waals surface area contributed by atoms with Gasteiger partial charge in [0.25, 0.3) is 0 Å². The Kier molecular flexibility index (Phi) is 3.26. The first-order valence-corrected chi connectivity index (χ1v) is 5.32. The molecule has 17 heavy (non-hydrogen) atoms. The molecule has 0 heterocycles. The van der Waals surface area contributed by atoms with Gasteiger partial charge in [0.2, 0.25) is 0 Å². The van der Waals surface area contributed by atoms with Crippen LogP contribution in [0, 0.1) is 10.1 Å². The average molecular weight is 238 g/mol. The van der Waals surface area contributed by atoms with E-state index in [0.29, 0.717) is 6.42 Å². The summed E-state index contributed by atoms with van der Waals surface area (Å²) in [7, 11) is 1.56. The first-order chi connectivity index (χ1) is 8.13. The molecule has 0 bridgehead atoms. The lowest BCUT2D eigenvalue weighted by Crippen LogP contribution is -2.59. The van der Waals surface area contributed by atoms with Gasteiger partial charge in [-0.1, -0.05) is 12.1 Å². The van der Waals surface area contributed by atoms with Crippen molar-refractivity contribution >= 4 is 5.69 Å². The standard InChI is InChI=1S/C11H14N2O4/c1-16-11-7(12)6-10(11)17-9-5-3-2-4-8(9)13(14)15/h2-5,7,10-11H,6,12H2,1H3. The summed E-state index contributed by atoms with van der Waals surface area (Å²) in [4.78, 5) is 10.3. The highest BCUT2D eigenvalue weighted by molar-refractivity contribution is 5.46. The maximum absolute atomic E-state index is 10.8. The van der Waals surface area contributed by atoms with E-state index in [4.69, 9.17) is 15.2 Å². The molecule has 6 nitrogen and oxygen atoms in total. The number of nitro benzene ring substituents is 1. The lowest BCUT2D eigenvalue weighted by atomic mass is 9.86. The second kappa shape index (κ2) is 4.68. The van der Waals surface area contributed by atoms with E-state index in [1.54, 1.807) is 25.3 Å². The van der Waals surface area contributed by atoms with Crippen molar-refractivity contribution in [1.82, 2.24) is 0 Å². The van der Waals surface area contributed by atoms with Gasteiger partial charge in [-0.05, 0) is 6.07 Å². The fraction of sp³-hybridized carbons (Fsp3) is 0.455. The molecule has 1 saturated carbocycles. The molecule has 1 aliphatic carbocycles. The van der Waals surface area contributed by atoms with Gasteiger partial charge in [0.1, 0.15) is 12.2 Å². The molecule has 1 aliphatic rings. The second-order valence-corrected chi connectivity index (χ2v) is 3.98. The zero-order valence-corrected chi connectivity index (χ0v) is 9.41. The first kappa shape index (κ1) is 11.8. The summed E-state index contributed by atoms with van der Waals surface area (Å²) >= 11 is 0. The van der Waals surface area contributed by atoms with Crippen LogP contribution in [0.15, 0.2) is 24.3 Å². The van der Waals surface area contributed by atoms with Crippen LogP contribution < -0.4 is 10.5 Å². The summed E-state index contributed by atoms with van der Waals surface area (Å²) in [6, 6.07) is 6.23. The Balaban J connectivity index is 2.12. The van der Waals surface area contributed by atoms with Crippen molar-refractivity contribution in [2.45, 2.75) is 24.7 Å².